The summed E-state index contributed by atoms with van der Waals surface area (Å²) >= 11 is 0. The number of Topliss-reactive ketones (excluding diaryl/α,β-unsaturated/α-hetero) is 2. The second kappa shape index (κ2) is 9.20. The molecular formula is C21H31BN2O4. The molecule has 1 fully saturated rings. The molecule has 1 aliphatic carbocycles. The van der Waals surface area contributed by atoms with Gasteiger partial charge in [0.05, 0.1) is 5.56 Å². The average molecular weight is 386 g/mol. The van der Waals surface area contributed by atoms with Crippen LogP contribution in [0, 0.1) is 11.8 Å². The van der Waals surface area contributed by atoms with E-state index in [0.717, 1.165) is 31.2 Å². The summed E-state index contributed by atoms with van der Waals surface area (Å²) in [5.74, 6) is 1.13. The molecule has 0 saturated heterocycles. The van der Waals surface area contributed by atoms with Crippen LogP contribution in [0.25, 0.3) is 0 Å². The molecule has 0 radical (unpaired) electrons. The molecule has 1 aliphatic heterocycles. The molecule has 2 atom stereocenters. The molecule has 5 N–H and O–H groups in total. The molecule has 1 heterocycles. The zero-order valence-corrected chi connectivity index (χ0v) is 16.6. The van der Waals surface area contributed by atoms with Crippen molar-refractivity contribution in [3.8, 4) is 5.75 Å². The number of ketones is 2. The van der Waals surface area contributed by atoms with E-state index in [2.05, 4.69) is 0 Å². The maximum Gasteiger partial charge on any atom is 0.526 e. The van der Waals surface area contributed by atoms with Gasteiger partial charge in [-0.15, -0.1) is 0 Å². The van der Waals surface area contributed by atoms with Gasteiger partial charge in [-0.1, -0.05) is 12.1 Å². The number of hydrogen-bond acceptors (Lipinski definition) is 6. The van der Waals surface area contributed by atoms with Crippen molar-refractivity contribution in [3.05, 3.63) is 29.3 Å². The summed E-state index contributed by atoms with van der Waals surface area (Å²) in [7, 11) is -1.06. The van der Waals surface area contributed by atoms with Gasteiger partial charge in [-0.2, -0.15) is 0 Å². The van der Waals surface area contributed by atoms with Gasteiger partial charge in [-0.3, -0.25) is 9.59 Å². The molecule has 1 aromatic carbocycles. The largest absolute Gasteiger partial charge is 0.535 e. The molecule has 2 aliphatic rings. The van der Waals surface area contributed by atoms with Crippen LogP contribution in [-0.2, 0) is 11.2 Å². The fourth-order valence-corrected chi connectivity index (χ4v) is 4.65. The molecule has 7 heteroatoms. The van der Waals surface area contributed by atoms with E-state index in [-0.39, 0.29) is 23.4 Å². The van der Waals surface area contributed by atoms with Crippen LogP contribution in [0.5, 0.6) is 5.75 Å². The minimum atomic E-state index is -1.06. The second-order valence-corrected chi connectivity index (χ2v) is 8.45. The number of rotatable bonds is 7. The lowest BCUT2D eigenvalue weighted by molar-refractivity contribution is -0.120. The molecular weight excluding hydrogens is 355 g/mol. The lowest BCUT2D eigenvalue weighted by Gasteiger charge is -2.32. The van der Waals surface area contributed by atoms with E-state index < -0.39 is 7.12 Å². The number of benzene rings is 1. The summed E-state index contributed by atoms with van der Waals surface area (Å²) < 4.78 is 5.64. The van der Waals surface area contributed by atoms with Crippen molar-refractivity contribution in [2.45, 2.75) is 63.7 Å². The standard InChI is InChI=1S/C21H31BN2O4/c1-13(25)19-4-2-3-16-10-17(22(27)28-21(16)19)11-18(26)9-14-5-7-15(8-6-14)20(24)12-23/h2-4,14-15,17,20,27H,5-12,23-24H2,1H3/t14?,15?,17-,20-/m1/s1. The van der Waals surface area contributed by atoms with Crippen LogP contribution in [0.2, 0.25) is 5.82 Å². The first-order valence-electron chi connectivity index (χ1n) is 10.3. The van der Waals surface area contributed by atoms with Gasteiger partial charge in [0.25, 0.3) is 0 Å². The monoisotopic (exact) mass is 386 g/mol. The second-order valence-electron chi connectivity index (χ2n) is 8.45. The number of fused-ring (bicyclic) bond motifs is 1. The third-order valence-electron chi connectivity index (χ3n) is 6.38. The van der Waals surface area contributed by atoms with E-state index in [1.165, 1.54) is 6.92 Å². The molecule has 3 rings (SSSR count). The van der Waals surface area contributed by atoms with Crippen molar-refractivity contribution in [1.29, 1.82) is 0 Å². The molecule has 1 saturated carbocycles. The minimum Gasteiger partial charge on any atom is -0.535 e. The van der Waals surface area contributed by atoms with Gasteiger partial charge < -0.3 is 21.1 Å². The van der Waals surface area contributed by atoms with E-state index in [4.69, 9.17) is 16.1 Å². The van der Waals surface area contributed by atoms with E-state index >= 15 is 0 Å². The Morgan fingerprint density at radius 3 is 2.61 bits per heavy atom. The number of para-hydroxylation sites is 1. The quantitative estimate of drug-likeness (QED) is 0.488. The van der Waals surface area contributed by atoms with Crippen LogP contribution in [0.15, 0.2) is 18.2 Å². The Morgan fingerprint density at radius 1 is 1.25 bits per heavy atom. The van der Waals surface area contributed by atoms with Crippen LogP contribution in [0.1, 0.15) is 61.4 Å². The fourth-order valence-electron chi connectivity index (χ4n) is 4.65. The van der Waals surface area contributed by atoms with E-state index in [1.54, 1.807) is 6.07 Å². The van der Waals surface area contributed by atoms with Crippen LogP contribution in [0.4, 0.5) is 0 Å². The summed E-state index contributed by atoms with van der Waals surface area (Å²) in [6, 6.07) is 5.48. The van der Waals surface area contributed by atoms with Crippen molar-refractivity contribution < 1.29 is 19.3 Å². The van der Waals surface area contributed by atoms with E-state index in [9.17, 15) is 14.6 Å². The molecule has 0 spiro atoms. The first-order chi connectivity index (χ1) is 13.4. The molecule has 28 heavy (non-hydrogen) atoms. The number of carbonyl (C=O) groups is 2. The van der Waals surface area contributed by atoms with Crippen LogP contribution in [0.3, 0.4) is 0 Å². The highest BCUT2D eigenvalue weighted by Crippen LogP contribution is 2.38. The van der Waals surface area contributed by atoms with Gasteiger partial charge in [-0.25, -0.2) is 0 Å². The van der Waals surface area contributed by atoms with Gasteiger partial charge in [0.15, 0.2) is 5.78 Å². The summed E-state index contributed by atoms with van der Waals surface area (Å²) in [6.45, 7) is 2.00. The summed E-state index contributed by atoms with van der Waals surface area (Å²) in [5.41, 5.74) is 13.1. The van der Waals surface area contributed by atoms with Crippen LogP contribution >= 0.6 is 0 Å². The third-order valence-corrected chi connectivity index (χ3v) is 6.38. The Kier molecular flexibility index (Phi) is 6.91. The van der Waals surface area contributed by atoms with Gasteiger partial charge in [0.1, 0.15) is 11.5 Å². The molecule has 0 aromatic heterocycles. The Morgan fingerprint density at radius 2 is 1.96 bits per heavy atom. The molecule has 152 valence electrons. The summed E-state index contributed by atoms with van der Waals surface area (Å²) in [4.78, 5) is 24.4. The van der Waals surface area contributed by atoms with Crippen LogP contribution < -0.4 is 16.1 Å². The highest BCUT2D eigenvalue weighted by Gasteiger charge is 2.37. The normalized spacial score (nSPS) is 25.6. The number of nitrogens with two attached hydrogens (primary N) is 2. The molecule has 6 nitrogen and oxygen atoms in total. The smallest absolute Gasteiger partial charge is 0.526 e. The number of hydrogen-bond donors (Lipinski definition) is 3. The van der Waals surface area contributed by atoms with Gasteiger partial charge in [0.2, 0.25) is 0 Å². The topological polar surface area (TPSA) is 116 Å². The van der Waals surface area contributed by atoms with E-state index in [1.807, 2.05) is 12.1 Å². The number of carbonyl (C=O) groups excluding carboxylic acids is 2. The lowest BCUT2D eigenvalue weighted by atomic mass is 9.64. The summed E-state index contributed by atoms with van der Waals surface area (Å²) in [5, 5.41) is 10.4. The minimum absolute atomic E-state index is 0.0612. The summed E-state index contributed by atoms with van der Waals surface area (Å²) in [6.07, 6.45) is 5.49. The maximum atomic E-state index is 12.6. The molecule has 0 amide bonds. The van der Waals surface area contributed by atoms with Crippen molar-refractivity contribution in [1.82, 2.24) is 0 Å². The first-order valence-corrected chi connectivity index (χ1v) is 10.3. The third kappa shape index (κ3) is 4.83. The predicted molar refractivity (Wildman–Crippen MR) is 109 cm³/mol. The molecule has 0 bridgehead atoms. The lowest BCUT2D eigenvalue weighted by Crippen LogP contribution is -2.39. The Balaban J connectivity index is 1.54. The van der Waals surface area contributed by atoms with Crippen molar-refractivity contribution in [3.63, 3.8) is 0 Å². The average Bonchev–Trinajstić information content (AvgIpc) is 2.68. The zero-order chi connectivity index (χ0) is 20.3. The SMILES string of the molecule is CC(=O)c1cccc2c1OB(O)[C@@H](CC(=O)CC1CCC([C@H](N)CN)CC1)C2. The Bertz CT molecular complexity index is 718. The van der Waals surface area contributed by atoms with Gasteiger partial charge >= 0.3 is 7.12 Å². The molecule has 1 aromatic rings. The van der Waals surface area contributed by atoms with Crippen molar-refractivity contribution in [2.24, 2.45) is 23.3 Å². The Hall–Kier alpha value is -1.70. The van der Waals surface area contributed by atoms with Gasteiger partial charge in [0, 0.05) is 31.2 Å². The van der Waals surface area contributed by atoms with Crippen molar-refractivity contribution >= 4 is 18.7 Å². The fraction of sp³-hybridized carbons (Fsp3) is 0.619. The van der Waals surface area contributed by atoms with Crippen molar-refractivity contribution in [2.75, 3.05) is 6.54 Å². The highest BCUT2D eigenvalue weighted by atomic mass is 16.5. The molecule has 0 unspecified atom stereocenters. The van der Waals surface area contributed by atoms with E-state index in [0.29, 0.717) is 49.0 Å². The highest BCUT2D eigenvalue weighted by molar-refractivity contribution is 6.47. The van der Waals surface area contributed by atoms with Crippen LogP contribution in [-0.4, -0.2) is 36.3 Å². The first kappa shape index (κ1) is 21.0. The zero-order valence-electron chi connectivity index (χ0n) is 16.6. The maximum absolute atomic E-state index is 12.6. The Labute approximate surface area is 167 Å². The predicted octanol–water partition coefficient (Wildman–Crippen LogP) is 2.12. The van der Waals surface area contributed by atoms with Gasteiger partial charge in [-0.05, 0) is 62.5 Å².